The lowest BCUT2D eigenvalue weighted by Gasteiger charge is -2.29. The van der Waals surface area contributed by atoms with E-state index in [1.807, 2.05) is 18.2 Å². The van der Waals surface area contributed by atoms with Crippen LogP contribution in [0.1, 0.15) is 44.1 Å². The second kappa shape index (κ2) is 4.59. The molecule has 2 heteroatoms. The first-order chi connectivity index (χ1) is 9.13. The van der Waals surface area contributed by atoms with Crippen LogP contribution in [0.15, 0.2) is 41.8 Å². The zero-order valence-corrected chi connectivity index (χ0v) is 12.5. The van der Waals surface area contributed by atoms with Gasteiger partial charge < -0.3 is 0 Å². The molecule has 3 rings (SSSR count). The van der Waals surface area contributed by atoms with Gasteiger partial charge >= 0.3 is 0 Å². The Labute approximate surface area is 118 Å². The third kappa shape index (κ3) is 1.92. The zero-order chi connectivity index (χ0) is 13.5. The molecule has 0 N–H and O–H groups in total. The Hall–Kier alpha value is -0.890. The molecule has 2 aliphatic carbocycles. The maximum absolute atomic E-state index is 13.0. The fourth-order valence-corrected chi connectivity index (χ4v) is 6.08. The summed E-state index contributed by atoms with van der Waals surface area (Å²) in [4.78, 5) is 1.01. The predicted octanol–water partition coefficient (Wildman–Crippen LogP) is 4.38. The fraction of sp³-hybridized carbons (Fsp3) is 0.529. The second-order valence-corrected chi connectivity index (χ2v) is 8.02. The van der Waals surface area contributed by atoms with Crippen LogP contribution in [0.4, 0.5) is 0 Å². The molecule has 2 aliphatic rings. The highest BCUT2D eigenvalue weighted by atomic mass is 32.2. The lowest BCUT2D eigenvalue weighted by atomic mass is 9.85. The quantitative estimate of drug-likeness (QED) is 0.745. The van der Waals surface area contributed by atoms with Crippen molar-refractivity contribution >= 4 is 10.8 Å². The van der Waals surface area contributed by atoms with E-state index in [0.717, 1.165) is 24.2 Å². The first-order valence-corrected chi connectivity index (χ1v) is 8.38. The van der Waals surface area contributed by atoms with E-state index in [0.29, 0.717) is 5.41 Å². The smallest absolute Gasteiger partial charge is 0.0598 e. The minimum absolute atomic E-state index is 0.0503. The molecule has 3 atom stereocenters. The van der Waals surface area contributed by atoms with Crippen LogP contribution in [0.3, 0.4) is 0 Å². The summed E-state index contributed by atoms with van der Waals surface area (Å²) in [5, 5.41) is 0. The molecule has 0 radical (unpaired) electrons. The average Bonchev–Trinajstić information content (AvgIpc) is 3.09. The molecule has 19 heavy (non-hydrogen) atoms. The number of aryl methyl sites for hydroxylation is 1. The Morgan fingerprint density at radius 2 is 1.95 bits per heavy atom. The third-order valence-corrected chi connectivity index (χ3v) is 7.27. The van der Waals surface area contributed by atoms with Gasteiger partial charge in [-0.3, -0.25) is 4.21 Å². The molecule has 0 aromatic heterocycles. The molecular weight excluding hydrogens is 252 g/mol. The number of fused-ring (bicyclic) bond motifs is 1. The minimum Gasteiger partial charge on any atom is -0.254 e. The maximum atomic E-state index is 13.0. The number of hydrogen-bond donors (Lipinski definition) is 0. The van der Waals surface area contributed by atoms with Crippen LogP contribution in [0, 0.1) is 12.3 Å². The van der Waals surface area contributed by atoms with Gasteiger partial charge in [-0.15, -0.1) is 6.58 Å². The molecule has 1 aromatic rings. The second-order valence-electron chi connectivity index (χ2n) is 6.23. The Morgan fingerprint density at radius 1 is 1.26 bits per heavy atom. The van der Waals surface area contributed by atoms with Gasteiger partial charge in [0.1, 0.15) is 0 Å². The molecule has 0 amide bonds. The molecule has 2 fully saturated rings. The van der Waals surface area contributed by atoms with Gasteiger partial charge in [-0.1, -0.05) is 36.6 Å². The van der Waals surface area contributed by atoms with E-state index in [9.17, 15) is 4.21 Å². The van der Waals surface area contributed by atoms with Crippen molar-refractivity contribution in [3.05, 3.63) is 42.5 Å². The molecule has 2 saturated carbocycles. The molecule has 1 unspecified atom stereocenters. The van der Waals surface area contributed by atoms with Crippen molar-refractivity contribution in [1.29, 1.82) is 0 Å². The Balaban J connectivity index is 1.90. The summed E-state index contributed by atoms with van der Waals surface area (Å²) in [6, 6.07) is 8.24. The normalized spacial score (nSPS) is 34.4. The summed E-state index contributed by atoms with van der Waals surface area (Å²) in [5.74, 6) is 0. The monoisotopic (exact) mass is 274 g/mol. The van der Waals surface area contributed by atoms with Gasteiger partial charge in [0.05, 0.1) is 15.5 Å². The van der Waals surface area contributed by atoms with Crippen molar-refractivity contribution < 1.29 is 4.21 Å². The van der Waals surface area contributed by atoms with Crippen molar-refractivity contribution in [2.75, 3.05) is 0 Å². The molecule has 102 valence electrons. The van der Waals surface area contributed by atoms with Crippen LogP contribution in [0.5, 0.6) is 0 Å². The molecule has 0 bridgehead atoms. The van der Waals surface area contributed by atoms with E-state index in [-0.39, 0.29) is 4.75 Å². The van der Waals surface area contributed by atoms with Crippen LogP contribution >= 0.6 is 0 Å². The predicted molar refractivity (Wildman–Crippen MR) is 80.7 cm³/mol. The van der Waals surface area contributed by atoms with Crippen molar-refractivity contribution in [3.63, 3.8) is 0 Å². The lowest BCUT2D eigenvalue weighted by Crippen LogP contribution is -2.29. The topological polar surface area (TPSA) is 17.1 Å². The summed E-state index contributed by atoms with van der Waals surface area (Å²) in [6.45, 7) is 5.98. The van der Waals surface area contributed by atoms with Crippen molar-refractivity contribution in [3.8, 4) is 0 Å². The summed E-state index contributed by atoms with van der Waals surface area (Å²) in [7, 11) is -0.858. The minimum atomic E-state index is -0.858. The first-order valence-electron chi connectivity index (χ1n) is 7.23. The largest absolute Gasteiger partial charge is 0.254 e. The Morgan fingerprint density at radius 3 is 2.63 bits per heavy atom. The van der Waals surface area contributed by atoms with E-state index in [1.165, 1.54) is 24.8 Å². The van der Waals surface area contributed by atoms with E-state index in [2.05, 4.69) is 25.6 Å². The van der Waals surface area contributed by atoms with Crippen LogP contribution < -0.4 is 0 Å². The Kier molecular flexibility index (Phi) is 3.17. The number of hydrogen-bond acceptors (Lipinski definition) is 1. The summed E-state index contributed by atoms with van der Waals surface area (Å²) in [6.07, 6.45) is 9.08. The molecule has 1 nitrogen and oxygen atoms in total. The highest BCUT2D eigenvalue weighted by molar-refractivity contribution is 7.87. The molecule has 0 spiro atoms. The van der Waals surface area contributed by atoms with Crippen LogP contribution in [0.25, 0.3) is 0 Å². The summed E-state index contributed by atoms with van der Waals surface area (Å²) >= 11 is 0. The van der Waals surface area contributed by atoms with Gasteiger partial charge in [0.15, 0.2) is 0 Å². The zero-order valence-electron chi connectivity index (χ0n) is 11.7. The standard InChI is InChI=1S/C17H22OS/c1-3-10-16-11-4-5-12-17(16,13-16)19(18)15-8-6-14(2)7-9-15/h3,6-9H,1,4-5,10-13H2,2H3/t16-,17-,19?/m1/s1. The highest BCUT2D eigenvalue weighted by Gasteiger charge is 2.70. The number of allylic oxidation sites excluding steroid dienone is 1. The van der Waals surface area contributed by atoms with E-state index in [1.54, 1.807) is 0 Å². The maximum Gasteiger partial charge on any atom is 0.0598 e. The first kappa shape index (κ1) is 13.1. The summed E-state index contributed by atoms with van der Waals surface area (Å²) in [5.41, 5.74) is 1.53. The highest BCUT2D eigenvalue weighted by Crippen LogP contribution is 2.70. The number of rotatable bonds is 4. The third-order valence-electron chi connectivity index (χ3n) is 5.08. The Bertz CT molecular complexity index is 519. The summed E-state index contributed by atoms with van der Waals surface area (Å²) < 4.78 is 13.1. The van der Waals surface area contributed by atoms with Gasteiger partial charge in [-0.25, -0.2) is 0 Å². The van der Waals surface area contributed by atoms with E-state index < -0.39 is 10.8 Å². The molecule has 0 saturated heterocycles. The lowest BCUT2D eigenvalue weighted by molar-refractivity contribution is 0.354. The fourth-order valence-electron chi connectivity index (χ4n) is 3.92. The van der Waals surface area contributed by atoms with Crippen molar-refractivity contribution in [2.24, 2.45) is 5.41 Å². The molecule has 1 aromatic carbocycles. The van der Waals surface area contributed by atoms with Crippen LogP contribution in [-0.4, -0.2) is 8.96 Å². The van der Waals surface area contributed by atoms with E-state index in [4.69, 9.17) is 0 Å². The molecule has 0 aliphatic heterocycles. The average molecular weight is 274 g/mol. The van der Waals surface area contributed by atoms with Gasteiger partial charge in [-0.05, 0) is 50.2 Å². The van der Waals surface area contributed by atoms with Crippen LogP contribution in [0.2, 0.25) is 0 Å². The number of benzene rings is 1. The van der Waals surface area contributed by atoms with Gasteiger partial charge in [0, 0.05) is 4.90 Å². The molecule has 0 heterocycles. The SMILES string of the molecule is C=CC[C@]12CCCC[C@@]1(S(=O)c1ccc(C)cc1)C2. The molecular formula is C17H22OS. The van der Waals surface area contributed by atoms with Gasteiger partial charge in [-0.2, -0.15) is 0 Å². The van der Waals surface area contributed by atoms with Gasteiger partial charge in [0.25, 0.3) is 0 Å². The van der Waals surface area contributed by atoms with Crippen molar-refractivity contribution in [1.82, 2.24) is 0 Å². The van der Waals surface area contributed by atoms with Crippen molar-refractivity contribution in [2.45, 2.75) is 55.1 Å². The van der Waals surface area contributed by atoms with Gasteiger partial charge in [0.2, 0.25) is 0 Å². The van der Waals surface area contributed by atoms with E-state index >= 15 is 0 Å². The van der Waals surface area contributed by atoms with Crippen LogP contribution in [-0.2, 0) is 10.8 Å².